The zero-order valence-electron chi connectivity index (χ0n) is 16.0. The molecule has 2 aromatic rings. The normalized spacial score (nSPS) is 15.6. The van der Waals surface area contributed by atoms with Crippen LogP contribution in [-0.4, -0.2) is 25.0 Å². The molecule has 8 heteroatoms. The molecule has 1 unspecified atom stereocenters. The Morgan fingerprint density at radius 3 is 2.63 bits per heavy atom. The number of carbonyl (C=O) groups excluding carboxylic acids is 2. The molecule has 154 valence electrons. The molecule has 4 N–H and O–H groups in total. The second kappa shape index (κ2) is 9.78. The number of rotatable bonds is 6. The maximum absolute atomic E-state index is 12.8. The molecule has 1 aliphatic rings. The van der Waals surface area contributed by atoms with Gasteiger partial charge in [0.15, 0.2) is 0 Å². The minimum Gasteiger partial charge on any atom is -0.495 e. The highest BCUT2D eigenvalue weighted by Gasteiger charge is 2.27. The lowest BCUT2D eigenvalue weighted by Gasteiger charge is -2.25. The molecule has 0 fully saturated rings. The van der Waals surface area contributed by atoms with Crippen molar-refractivity contribution in [3.63, 3.8) is 0 Å². The van der Waals surface area contributed by atoms with Crippen molar-refractivity contribution in [2.75, 3.05) is 12.4 Å². The molecule has 1 amide bonds. The maximum atomic E-state index is 12.8. The van der Waals surface area contributed by atoms with Gasteiger partial charge in [0, 0.05) is 16.7 Å². The third-order valence-corrected chi connectivity index (χ3v) is 5.37. The Balaban J connectivity index is 1.88. The Morgan fingerprint density at radius 1 is 1.27 bits per heavy atom. The van der Waals surface area contributed by atoms with Crippen LogP contribution in [0.2, 0.25) is 5.02 Å². The third kappa shape index (κ3) is 4.83. The van der Waals surface area contributed by atoms with Crippen LogP contribution in [0.1, 0.15) is 15.9 Å². The van der Waals surface area contributed by atoms with Gasteiger partial charge in [-0.2, -0.15) is 0 Å². The number of ether oxygens (including phenoxy) is 1. The average molecular weight is 489 g/mol. The summed E-state index contributed by atoms with van der Waals surface area (Å²) >= 11 is 9.57. The summed E-state index contributed by atoms with van der Waals surface area (Å²) in [5.41, 5.74) is 8.08. The fourth-order valence-electron chi connectivity index (χ4n) is 2.96. The first-order valence-corrected chi connectivity index (χ1v) is 10.2. The Hall–Kier alpha value is -2.83. The van der Waals surface area contributed by atoms with Gasteiger partial charge in [0.2, 0.25) is 0 Å². The summed E-state index contributed by atoms with van der Waals surface area (Å²) in [6, 6.07) is 11.7. The molecule has 0 aromatic heterocycles. The summed E-state index contributed by atoms with van der Waals surface area (Å²) in [4.78, 5) is 24.7. The van der Waals surface area contributed by atoms with E-state index in [1.807, 2.05) is 30.2 Å². The fraction of sp³-hybridized carbons (Fsp3) is 0.136. The summed E-state index contributed by atoms with van der Waals surface area (Å²) < 4.78 is 6.31. The molecule has 0 radical (unpaired) electrons. The molecule has 1 aliphatic carbocycles. The van der Waals surface area contributed by atoms with Crippen LogP contribution in [0.15, 0.2) is 76.1 Å². The molecule has 0 heterocycles. The lowest BCUT2D eigenvalue weighted by atomic mass is 9.97. The van der Waals surface area contributed by atoms with E-state index in [9.17, 15) is 9.59 Å². The first-order valence-electron chi connectivity index (χ1n) is 9.00. The fourth-order valence-corrected chi connectivity index (χ4v) is 3.42. The van der Waals surface area contributed by atoms with Crippen molar-refractivity contribution in [2.24, 2.45) is 5.73 Å². The molecule has 0 saturated heterocycles. The molecular weight excluding hydrogens is 470 g/mol. The van der Waals surface area contributed by atoms with E-state index in [1.54, 1.807) is 30.4 Å². The van der Waals surface area contributed by atoms with Crippen LogP contribution in [0.4, 0.5) is 5.69 Å². The van der Waals surface area contributed by atoms with Crippen LogP contribution >= 0.6 is 27.5 Å². The zero-order valence-corrected chi connectivity index (χ0v) is 18.4. The molecule has 1 atom stereocenters. The first kappa shape index (κ1) is 21.9. The number of hydrogen-bond donors (Lipinski definition) is 3. The highest BCUT2D eigenvalue weighted by Crippen LogP contribution is 2.27. The van der Waals surface area contributed by atoms with Crippen LogP contribution in [0, 0.1) is 0 Å². The van der Waals surface area contributed by atoms with E-state index in [0.717, 1.165) is 15.7 Å². The van der Waals surface area contributed by atoms with Crippen molar-refractivity contribution >= 4 is 45.1 Å². The van der Waals surface area contributed by atoms with Crippen molar-refractivity contribution in [1.82, 2.24) is 5.32 Å². The minimum absolute atomic E-state index is 0.205. The molecule has 0 saturated carbocycles. The highest BCUT2D eigenvalue weighted by atomic mass is 79.9. The quantitative estimate of drug-likeness (QED) is 0.535. The predicted molar refractivity (Wildman–Crippen MR) is 121 cm³/mol. The third-order valence-electron chi connectivity index (χ3n) is 4.51. The number of nitrogens with one attached hydrogen (secondary N) is 2. The van der Waals surface area contributed by atoms with Crippen molar-refractivity contribution in [1.29, 1.82) is 0 Å². The first-order chi connectivity index (χ1) is 14.5. The molecule has 0 spiro atoms. The van der Waals surface area contributed by atoms with Crippen molar-refractivity contribution in [3.05, 3.63) is 92.3 Å². The number of benzene rings is 2. The molecule has 0 bridgehead atoms. The van der Waals surface area contributed by atoms with Gasteiger partial charge in [-0.25, -0.2) is 4.79 Å². The van der Waals surface area contributed by atoms with Gasteiger partial charge >= 0.3 is 0 Å². The summed E-state index contributed by atoms with van der Waals surface area (Å²) in [7, 11) is 1.50. The summed E-state index contributed by atoms with van der Waals surface area (Å²) in [6.07, 6.45) is 3.34. The second-order valence-corrected chi connectivity index (χ2v) is 7.74. The number of carbonyl (C=O) groups is 1. The molecule has 2 aromatic carbocycles. The van der Waals surface area contributed by atoms with Crippen molar-refractivity contribution in [2.45, 2.75) is 12.6 Å². The Labute approximate surface area is 187 Å². The number of hydrogen-bond acceptors (Lipinski definition) is 5. The van der Waals surface area contributed by atoms with Gasteiger partial charge in [0.25, 0.3) is 5.91 Å². The Bertz CT molecular complexity index is 1070. The van der Waals surface area contributed by atoms with Gasteiger partial charge in [0.1, 0.15) is 11.7 Å². The molecule has 30 heavy (non-hydrogen) atoms. The van der Waals surface area contributed by atoms with Crippen LogP contribution < -0.4 is 16.4 Å². The van der Waals surface area contributed by atoms with Crippen LogP contribution in [0.5, 0.6) is 0 Å². The Kier molecular flexibility index (Phi) is 7.13. The van der Waals surface area contributed by atoms with Crippen LogP contribution in [-0.2, 0) is 16.1 Å². The smallest absolute Gasteiger partial charge is 0.253 e. The SMILES string of the molecule is COC1=C(Nc2ccc(Br)cc2)C(=C=O)C(NC(=O)c2cc(CN)ccc2Cl)C=C1. The molecule has 3 rings (SSSR count). The monoisotopic (exact) mass is 487 g/mol. The van der Waals surface area contributed by atoms with E-state index >= 15 is 0 Å². The lowest BCUT2D eigenvalue weighted by Crippen LogP contribution is -2.38. The van der Waals surface area contributed by atoms with Crippen LogP contribution in [0.25, 0.3) is 0 Å². The van der Waals surface area contributed by atoms with E-state index in [4.69, 9.17) is 22.1 Å². The van der Waals surface area contributed by atoms with Crippen LogP contribution in [0.3, 0.4) is 0 Å². The number of allylic oxidation sites excluding steroid dienone is 1. The number of anilines is 1. The molecular formula is C22H19BrClN3O3. The highest BCUT2D eigenvalue weighted by molar-refractivity contribution is 9.10. The van der Waals surface area contributed by atoms with Gasteiger partial charge in [-0.05, 0) is 48.0 Å². The summed E-state index contributed by atoms with van der Waals surface area (Å²) in [5.74, 6) is 1.95. The number of amides is 1. The number of methoxy groups -OCH3 is 1. The van der Waals surface area contributed by atoms with E-state index in [1.165, 1.54) is 7.11 Å². The van der Waals surface area contributed by atoms with E-state index < -0.39 is 11.9 Å². The average Bonchev–Trinajstić information content (AvgIpc) is 2.76. The zero-order chi connectivity index (χ0) is 21.7. The molecule has 6 nitrogen and oxygen atoms in total. The van der Waals surface area contributed by atoms with Crippen molar-refractivity contribution < 1.29 is 14.3 Å². The number of nitrogens with two attached hydrogens (primary N) is 1. The van der Waals surface area contributed by atoms with Gasteiger partial charge in [-0.1, -0.05) is 39.7 Å². The van der Waals surface area contributed by atoms with Crippen molar-refractivity contribution in [3.8, 4) is 0 Å². The largest absolute Gasteiger partial charge is 0.495 e. The number of halogens is 2. The summed E-state index contributed by atoms with van der Waals surface area (Å²) in [5, 5.41) is 6.28. The summed E-state index contributed by atoms with van der Waals surface area (Å²) in [6.45, 7) is 0.279. The molecule has 0 aliphatic heterocycles. The van der Waals surface area contributed by atoms with Gasteiger partial charge < -0.3 is 21.1 Å². The second-order valence-electron chi connectivity index (χ2n) is 6.42. The van der Waals surface area contributed by atoms with Gasteiger partial charge in [0.05, 0.1) is 35.0 Å². The standard InChI is InChI=1S/C22H19BrClN3O3/c1-30-20-9-8-19(27-22(29)16-10-13(11-25)2-7-18(16)24)17(12-28)21(20)26-15-5-3-14(23)4-6-15/h2-10,19,26H,11,25H2,1H3,(H,27,29). The van der Waals surface area contributed by atoms with E-state index in [0.29, 0.717) is 16.5 Å². The van der Waals surface area contributed by atoms with Gasteiger partial charge in [-0.3, -0.25) is 4.79 Å². The van der Waals surface area contributed by atoms with Gasteiger partial charge in [-0.15, -0.1) is 0 Å². The predicted octanol–water partition coefficient (Wildman–Crippen LogP) is 3.96. The minimum atomic E-state index is -0.718. The topological polar surface area (TPSA) is 93.5 Å². The maximum Gasteiger partial charge on any atom is 0.253 e. The van der Waals surface area contributed by atoms with E-state index in [2.05, 4.69) is 26.6 Å². The Morgan fingerprint density at radius 2 is 2.00 bits per heavy atom. The lowest BCUT2D eigenvalue weighted by molar-refractivity contribution is 0.0949. The van der Waals surface area contributed by atoms with E-state index in [-0.39, 0.29) is 17.7 Å².